The van der Waals surface area contributed by atoms with Gasteiger partial charge in [-0.05, 0) is 49.3 Å². The van der Waals surface area contributed by atoms with Crippen molar-refractivity contribution in [2.45, 2.75) is 91.0 Å². The molecule has 5 amide bonds. The van der Waals surface area contributed by atoms with E-state index in [1.54, 1.807) is 49.3 Å². The second-order valence-electron chi connectivity index (χ2n) is 12.5. The summed E-state index contributed by atoms with van der Waals surface area (Å²) in [6, 6.07) is 3.67. The van der Waals surface area contributed by atoms with Crippen LogP contribution in [0.25, 0.3) is 0 Å². The van der Waals surface area contributed by atoms with Gasteiger partial charge in [0.15, 0.2) is 0 Å². The summed E-state index contributed by atoms with van der Waals surface area (Å²) in [5.41, 5.74) is 0.763. The van der Waals surface area contributed by atoms with Gasteiger partial charge in [-0.15, -0.1) is 0 Å². The molecule has 1 fully saturated rings. The third-order valence-corrected chi connectivity index (χ3v) is 7.82. The number of benzene rings is 1. The van der Waals surface area contributed by atoms with Crippen LogP contribution < -0.4 is 26.0 Å². The first-order chi connectivity index (χ1) is 21.9. The Bertz CT molecular complexity index is 1310. The molecule has 0 radical (unpaired) electrons. The van der Waals surface area contributed by atoms with Gasteiger partial charge in [-0.2, -0.15) is 5.10 Å². The van der Waals surface area contributed by atoms with Crippen molar-refractivity contribution in [1.82, 2.24) is 40.9 Å². The molecule has 2 heterocycles. The number of nitrogens with one attached hydrogen (secondary N) is 4. The summed E-state index contributed by atoms with van der Waals surface area (Å²) in [6.07, 6.45) is 4.04. The molecule has 0 unspecified atom stereocenters. The number of aromatic nitrogens is 3. The van der Waals surface area contributed by atoms with Crippen LogP contribution in [0.2, 0.25) is 0 Å². The molecule has 4 atom stereocenters. The van der Waals surface area contributed by atoms with Crippen molar-refractivity contribution < 1.29 is 28.7 Å². The lowest BCUT2D eigenvalue weighted by Crippen LogP contribution is -2.57. The zero-order valence-corrected chi connectivity index (χ0v) is 27.6. The largest absolute Gasteiger partial charge is 0.497 e. The van der Waals surface area contributed by atoms with Crippen molar-refractivity contribution in [1.29, 1.82) is 0 Å². The molecule has 46 heavy (non-hydrogen) atoms. The average molecular weight is 641 g/mol. The highest BCUT2D eigenvalue weighted by molar-refractivity contribution is 5.95. The number of nitrogens with zero attached hydrogens (tertiary/aromatic N) is 4. The van der Waals surface area contributed by atoms with Gasteiger partial charge in [0.05, 0.1) is 13.7 Å². The highest BCUT2D eigenvalue weighted by atomic mass is 16.5. The molecule has 0 spiro atoms. The van der Waals surface area contributed by atoms with Crippen LogP contribution in [-0.4, -0.2) is 93.6 Å². The second-order valence-corrected chi connectivity index (χ2v) is 12.5. The molecule has 2 aromatic rings. The number of carbonyl (C=O) groups excluding carboxylic acids is 5. The third kappa shape index (κ3) is 11.1. The second kappa shape index (κ2) is 17.3. The zero-order chi connectivity index (χ0) is 33.8. The van der Waals surface area contributed by atoms with Crippen LogP contribution in [0.4, 0.5) is 0 Å². The number of amides is 5. The summed E-state index contributed by atoms with van der Waals surface area (Å²) < 4.78 is 6.85. The first kappa shape index (κ1) is 36.0. The zero-order valence-electron chi connectivity index (χ0n) is 27.6. The fourth-order valence-corrected chi connectivity index (χ4v) is 5.10. The van der Waals surface area contributed by atoms with Gasteiger partial charge < -0.3 is 30.9 Å². The number of methoxy groups -OCH3 is 1. The van der Waals surface area contributed by atoms with E-state index in [0.717, 1.165) is 5.56 Å². The minimum Gasteiger partial charge on any atom is -0.497 e. The Morgan fingerprint density at radius 2 is 1.65 bits per heavy atom. The Balaban J connectivity index is 1.89. The minimum atomic E-state index is -1.03. The van der Waals surface area contributed by atoms with E-state index in [1.807, 2.05) is 27.7 Å². The summed E-state index contributed by atoms with van der Waals surface area (Å²) in [4.78, 5) is 72.7. The predicted molar refractivity (Wildman–Crippen MR) is 170 cm³/mol. The van der Waals surface area contributed by atoms with E-state index in [9.17, 15) is 24.0 Å². The molecule has 1 aromatic heterocycles. The fraction of sp³-hybridized carbons (Fsp3) is 0.594. The topological polar surface area (TPSA) is 177 Å². The van der Waals surface area contributed by atoms with Gasteiger partial charge in [-0.1, -0.05) is 39.8 Å². The molecule has 1 aliphatic rings. The van der Waals surface area contributed by atoms with Crippen molar-refractivity contribution in [3.05, 3.63) is 42.5 Å². The van der Waals surface area contributed by atoms with Crippen LogP contribution >= 0.6 is 0 Å². The van der Waals surface area contributed by atoms with E-state index in [-0.39, 0.29) is 43.7 Å². The van der Waals surface area contributed by atoms with Crippen molar-refractivity contribution in [3.8, 4) is 5.75 Å². The highest BCUT2D eigenvalue weighted by Crippen LogP contribution is 2.14. The van der Waals surface area contributed by atoms with E-state index in [2.05, 4.69) is 31.3 Å². The van der Waals surface area contributed by atoms with Gasteiger partial charge in [0.2, 0.25) is 29.5 Å². The molecule has 0 saturated carbocycles. The molecular weight excluding hydrogens is 592 g/mol. The van der Waals surface area contributed by atoms with Crippen LogP contribution in [0.15, 0.2) is 36.9 Å². The Morgan fingerprint density at radius 1 is 0.957 bits per heavy atom. The monoisotopic (exact) mass is 640 g/mol. The number of hydrogen-bond donors (Lipinski definition) is 4. The highest BCUT2D eigenvalue weighted by Gasteiger charge is 2.32. The van der Waals surface area contributed by atoms with Gasteiger partial charge in [-0.3, -0.25) is 28.7 Å². The number of hydrogen-bond acceptors (Lipinski definition) is 8. The molecule has 1 saturated heterocycles. The molecule has 3 rings (SSSR count). The van der Waals surface area contributed by atoms with Gasteiger partial charge in [0, 0.05) is 32.0 Å². The summed E-state index contributed by atoms with van der Waals surface area (Å²) in [7, 11) is 1.55. The summed E-state index contributed by atoms with van der Waals surface area (Å²) in [6.45, 7) is 9.47. The lowest BCUT2D eigenvalue weighted by atomic mass is 10.0. The fourth-order valence-electron chi connectivity index (χ4n) is 5.10. The Labute approximate surface area is 270 Å². The number of aryl methyl sites for hydroxylation is 1. The Hall–Kier alpha value is -4.49. The lowest BCUT2D eigenvalue weighted by Gasteiger charge is -2.31. The number of rotatable bonds is 10. The Kier molecular flexibility index (Phi) is 13.5. The van der Waals surface area contributed by atoms with E-state index >= 15 is 0 Å². The molecule has 14 nitrogen and oxygen atoms in total. The molecular formula is C32H48N8O6. The summed E-state index contributed by atoms with van der Waals surface area (Å²) in [5.74, 6) is -1.73. The van der Waals surface area contributed by atoms with Crippen molar-refractivity contribution in [2.24, 2.45) is 11.8 Å². The van der Waals surface area contributed by atoms with E-state index in [0.29, 0.717) is 25.1 Å². The average Bonchev–Trinajstić information content (AvgIpc) is 3.52. The maximum absolute atomic E-state index is 13.6. The molecule has 14 heteroatoms. The Morgan fingerprint density at radius 3 is 2.26 bits per heavy atom. The molecule has 0 aliphatic carbocycles. The van der Waals surface area contributed by atoms with Crippen molar-refractivity contribution in [2.75, 3.05) is 20.2 Å². The van der Waals surface area contributed by atoms with Gasteiger partial charge in [0.1, 0.15) is 36.5 Å². The van der Waals surface area contributed by atoms with Crippen molar-refractivity contribution in [3.63, 3.8) is 0 Å². The molecule has 1 aliphatic heterocycles. The lowest BCUT2D eigenvalue weighted by molar-refractivity contribution is -0.138. The van der Waals surface area contributed by atoms with Crippen LogP contribution in [-0.2, 0) is 36.9 Å². The van der Waals surface area contributed by atoms with Crippen LogP contribution in [0.1, 0.15) is 59.4 Å². The van der Waals surface area contributed by atoms with Gasteiger partial charge in [-0.25, -0.2) is 4.98 Å². The van der Waals surface area contributed by atoms with Gasteiger partial charge in [0.25, 0.3) is 0 Å². The van der Waals surface area contributed by atoms with E-state index in [1.165, 1.54) is 11.2 Å². The smallest absolute Gasteiger partial charge is 0.243 e. The first-order valence-electron chi connectivity index (χ1n) is 15.8. The number of ether oxygens (including phenoxy) is 1. The van der Waals surface area contributed by atoms with E-state index < -0.39 is 47.8 Å². The van der Waals surface area contributed by atoms with Gasteiger partial charge >= 0.3 is 0 Å². The first-order valence-corrected chi connectivity index (χ1v) is 15.8. The van der Waals surface area contributed by atoms with Crippen LogP contribution in [0.5, 0.6) is 5.75 Å². The molecule has 4 N–H and O–H groups in total. The van der Waals surface area contributed by atoms with Crippen LogP contribution in [0.3, 0.4) is 0 Å². The summed E-state index contributed by atoms with van der Waals surface area (Å²) >= 11 is 0. The number of carbonyl (C=O) groups is 5. The quantitative estimate of drug-likeness (QED) is 0.295. The molecule has 252 valence electrons. The third-order valence-electron chi connectivity index (χ3n) is 7.82. The normalized spacial score (nSPS) is 22.0. The maximum Gasteiger partial charge on any atom is 0.243 e. The predicted octanol–water partition coefficient (Wildman–Crippen LogP) is 0.813. The van der Waals surface area contributed by atoms with Crippen molar-refractivity contribution >= 4 is 29.5 Å². The maximum atomic E-state index is 13.6. The van der Waals surface area contributed by atoms with E-state index in [4.69, 9.17) is 4.74 Å². The standard InChI is InChI=1S/C32H48N8O6/c1-20(2)14-25-32(45)37-26(15-23-9-11-24(46-6)12-10-23)31(44)35-22(5)30(43)38-27(21(3)4)16-39(17-28(41)36-25)29(42)8-7-13-40-19-33-18-34-40/h9-12,18-22,25-27H,7-8,13-17H2,1-6H3,(H,35,44)(H,36,41)(H,37,45)(H,38,43)/t22-,25+,26+,27-/m1/s1. The summed E-state index contributed by atoms with van der Waals surface area (Å²) in [5, 5.41) is 15.4. The minimum absolute atomic E-state index is 0.0358. The van der Waals surface area contributed by atoms with Crippen LogP contribution in [0, 0.1) is 11.8 Å². The SMILES string of the molecule is COc1ccc(C[C@@H]2NC(=O)[C@H](CC(C)C)NC(=O)CN(C(=O)CCCn3cncn3)C[C@H](C(C)C)NC(=O)[C@@H](C)NC2=O)cc1. The molecule has 1 aromatic carbocycles. The molecule has 0 bridgehead atoms.